The Morgan fingerprint density at radius 1 is 0.875 bits per heavy atom. The summed E-state index contributed by atoms with van der Waals surface area (Å²) in [6.07, 6.45) is 0.741. The van der Waals surface area contributed by atoms with Crippen LogP contribution in [-0.4, -0.2) is 33.2 Å². The summed E-state index contributed by atoms with van der Waals surface area (Å²) >= 11 is 13.5. The van der Waals surface area contributed by atoms with Crippen molar-refractivity contribution in [1.29, 1.82) is 0 Å². The Labute approximate surface area is 202 Å². The van der Waals surface area contributed by atoms with Crippen molar-refractivity contribution in [2.24, 2.45) is 0 Å². The normalized spacial score (nSPS) is 11.2. The molecule has 168 valence electrons. The van der Waals surface area contributed by atoms with Crippen LogP contribution in [0.25, 0.3) is 0 Å². The van der Waals surface area contributed by atoms with Crippen molar-refractivity contribution in [1.82, 2.24) is 5.32 Å². The number of anilines is 1. The third-order valence-corrected chi connectivity index (χ3v) is 7.85. The molecule has 0 heterocycles. The van der Waals surface area contributed by atoms with Crippen molar-refractivity contribution < 1.29 is 13.2 Å². The van der Waals surface area contributed by atoms with E-state index in [2.05, 4.69) is 5.32 Å². The van der Waals surface area contributed by atoms with E-state index >= 15 is 0 Å². The molecule has 0 aromatic heterocycles. The van der Waals surface area contributed by atoms with Gasteiger partial charge in [0.25, 0.3) is 10.0 Å². The fourth-order valence-electron chi connectivity index (χ4n) is 2.85. The number of sulfonamides is 1. The van der Waals surface area contributed by atoms with Gasteiger partial charge in [-0.2, -0.15) is 0 Å². The fourth-order valence-corrected chi connectivity index (χ4v) is 5.40. The molecule has 0 radical (unpaired) electrons. The van der Waals surface area contributed by atoms with E-state index in [9.17, 15) is 13.2 Å². The van der Waals surface area contributed by atoms with Gasteiger partial charge in [-0.3, -0.25) is 9.10 Å². The SMILES string of the molecule is O=C(CN(c1ccc(Cl)cc1)S(=O)(=O)c1ccccc1)NCCCSc1ccc(Cl)cc1. The van der Waals surface area contributed by atoms with Crippen LogP contribution in [0.1, 0.15) is 6.42 Å². The maximum Gasteiger partial charge on any atom is 0.264 e. The zero-order chi connectivity index (χ0) is 23.0. The standard InChI is InChI=1S/C23H22Cl2N2O3S2/c24-18-7-11-20(12-8-18)27(32(29,30)22-5-2-1-3-6-22)17-23(28)26-15-4-16-31-21-13-9-19(25)10-14-21/h1-3,5-14H,4,15-17H2,(H,26,28). The number of halogens is 2. The fraction of sp³-hybridized carbons (Fsp3) is 0.174. The van der Waals surface area contributed by atoms with Gasteiger partial charge in [0.2, 0.25) is 5.91 Å². The molecular formula is C23H22Cl2N2O3S2. The van der Waals surface area contributed by atoms with Crippen LogP contribution in [-0.2, 0) is 14.8 Å². The number of nitrogens with zero attached hydrogens (tertiary/aromatic N) is 1. The smallest absolute Gasteiger partial charge is 0.264 e. The minimum atomic E-state index is -3.92. The second-order valence-electron chi connectivity index (χ2n) is 6.81. The van der Waals surface area contributed by atoms with Crippen LogP contribution in [0, 0.1) is 0 Å². The number of hydrogen-bond donors (Lipinski definition) is 1. The molecule has 0 aliphatic heterocycles. The van der Waals surface area contributed by atoms with Crippen molar-refractivity contribution in [3.63, 3.8) is 0 Å². The lowest BCUT2D eigenvalue weighted by Gasteiger charge is -2.24. The summed E-state index contributed by atoms with van der Waals surface area (Å²) < 4.78 is 27.5. The highest BCUT2D eigenvalue weighted by atomic mass is 35.5. The summed E-state index contributed by atoms with van der Waals surface area (Å²) in [5.41, 5.74) is 0.367. The van der Waals surface area contributed by atoms with Crippen LogP contribution in [0.4, 0.5) is 5.69 Å². The molecule has 0 aliphatic rings. The summed E-state index contributed by atoms with van der Waals surface area (Å²) in [5, 5.41) is 3.98. The minimum absolute atomic E-state index is 0.113. The highest BCUT2D eigenvalue weighted by Gasteiger charge is 2.26. The van der Waals surface area contributed by atoms with Gasteiger partial charge in [0.1, 0.15) is 6.54 Å². The molecule has 0 bridgehead atoms. The van der Waals surface area contributed by atoms with Gasteiger partial charge in [0.15, 0.2) is 0 Å². The van der Waals surface area contributed by atoms with Crippen LogP contribution >= 0.6 is 35.0 Å². The number of carbonyl (C=O) groups is 1. The summed E-state index contributed by atoms with van der Waals surface area (Å²) in [7, 11) is -3.92. The molecule has 0 saturated carbocycles. The lowest BCUT2D eigenvalue weighted by molar-refractivity contribution is -0.119. The molecule has 0 fully saturated rings. The van der Waals surface area contributed by atoms with E-state index < -0.39 is 10.0 Å². The second-order valence-corrected chi connectivity index (χ2v) is 10.7. The first-order chi connectivity index (χ1) is 15.4. The minimum Gasteiger partial charge on any atom is -0.354 e. The molecule has 9 heteroatoms. The number of amides is 1. The maximum absolute atomic E-state index is 13.2. The zero-order valence-corrected chi connectivity index (χ0v) is 20.2. The first-order valence-electron chi connectivity index (χ1n) is 9.85. The molecule has 1 N–H and O–H groups in total. The number of rotatable bonds is 10. The average Bonchev–Trinajstić information content (AvgIpc) is 2.80. The van der Waals surface area contributed by atoms with Gasteiger partial charge >= 0.3 is 0 Å². The molecule has 3 aromatic carbocycles. The van der Waals surface area contributed by atoms with Crippen molar-refractivity contribution in [3.05, 3.63) is 88.9 Å². The Morgan fingerprint density at radius 3 is 2.09 bits per heavy atom. The largest absolute Gasteiger partial charge is 0.354 e. The molecule has 1 amide bonds. The Morgan fingerprint density at radius 2 is 1.47 bits per heavy atom. The van der Waals surface area contributed by atoms with Crippen molar-refractivity contribution in [2.45, 2.75) is 16.2 Å². The molecule has 0 saturated heterocycles. The van der Waals surface area contributed by atoms with Crippen LogP contribution in [0.15, 0.2) is 88.7 Å². The van der Waals surface area contributed by atoms with Gasteiger partial charge in [-0.15, -0.1) is 11.8 Å². The molecule has 0 atom stereocenters. The van der Waals surface area contributed by atoms with E-state index in [0.717, 1.165) is 21.4 Å². The molecule has 0 spiro atoms. The Kier molecular flexibility index (Phi) is 8.87. The van der Waals surface area contributed by atoms with Gasteiger partial charge in [0, 0.05) is 21.5 Å². The molecule has 0 unspecified atom stereocenters. The monoisotopic (exact) mass is 508 g/mol. The lowest BCUT2D eigenvalue weighted by atomic mass is 10.3. The van der Waals surface area contributed by atoms with Crippen molar-refractivity contribution >= 4 is 56.6 Å². The highest BCUT2D eigenvalue weighted by Crippen LogP contribution is 2.25. The van der Waals surface area contributed by atoms with Gasteiger partial charge < -0.3 is 5.32 Å². The van der Waals surface area contributed by atoms with Gasteiger partial charge in [0.05, 0.1) is 10.6 Å². The number of benzene rings is 3. The van der Waals surface area contributed by atoms with Crippen molar-refractivity contribution in [2.75, 3.05) is 23.1 Å². The molecule has 5 nitrogen and oxygen atoms in total. The first-order valence-corrected chi connectivity index (χ1v) is 13.0. The van der Waals surface area contributed by atoms with E-state index in [1.807, 2.05) is 24.3 Å². The van der Waals surface area contributed by atoms with Crippen LogP contribution < -0.4 is 9.62 Å². The van der Waals surface area contributed by atoms with Crippen LogP contribution in [0.3, 0.4) is 0 Å². The number of thioether (sulfide) groups is 1. The van der Waals surface area contributed by atoms with Gasteiger partial charge in [-0.25, -0.2) is 8.42 Å². The molecule has 0 aliphatic carbocycles. The predicted molar refractivity (Wildman–Crippen MR) is 132 cm³/mol. The Bertz CT molecular complexity index is 1120. The second kappa shape index (κ2) is 11.6. The number of hydrogen-bond acceptors (Lipinski definition) is 4. The third kappa shape index (κ3) is 6.90. The van der Waals surface area contributed by atoms with E-state index in [4.69, 9.17) is 23.2 Å². The van der Waals surface area contributed by atoms with Crippen LogP contribution in [0.5, 0.6) is 0 Å². The summed E-state index contributed by atoms with van der Waals surface area (Å²) in [6.45, 7) is 0.114. The van der Waals surface area contributed by atoms with Crippen LogP contribution in [0.2, 0.25) is 10.0 Å². The van der Waals surface area contributed by atoms with E-state index in [1.54, 1.807) is 54.2 Å². The van der Waals surface area contributed by atoms with E-state index in [-0.39, 0.29) is 17.3 Å². The van der Waals surface area contributed by atoms with Gasteiger partial charge in [-0.1, -0.05) is 41.4 Å². The topological polar surface area (TPSA) is 66.5 Å². The Balaban J connectivity index is 1.61. The number of carbonyl (C=O) groups excluding carboxylic acids is 1. The first kappa shape index (κ1) is 24.5. The van der Waals surface area contributed by atoms with Gasteiger partial charge in [-0.05, 0) is 72.8 Å². The molecular weight excluding hydrogens is 487 g/mol. The average molecular weight is 509 g/mol. The van der Waals surface area contributed by atoms with E-state index in [0.29, 0.717) is 22.3 Å². The summed E-state index contributed by atoms with van der Waals surface area (Å²) in [5.74, 6) is 0.432. The van der Waals surface area contributed by atoms with Crippen molar-refractivity contribution in [3.8, 4) is 0 Å². The summed E-state index contributed by atoms with van der Waals surface area (Å²) in [6, 6.07) is 22.0. The quantitative estimate of drug-likeness (QED) is 0.290. The third-order valence-electron chi connectivity index (χ3n) is 4.46. The zero-order valence-electron chi connectivity index (χ0n) is 17.1. The summed E-state index contributed by atoms with van der Waals surface area (Å²) in [4.78, 5) is 13.8. The van der Waals surface area contributed by atoms with E-state index in [1.165, 1.54) is 12.1 Å². The molecule has 32 heavy (non-hydrogen) atoms. The lowest BCUT2D eigenvalue weighted by Crippen LogP contribution is -2.41. The highest BCUT2D eigenvalue weighted by molar-refractivity contribution is 7.99. The molecule has 3 aromatic rings. The Hall–Kier alpha value is -2.19. The maximum atomic E-state index is 13.2. The molecule has 3 rings (SSSR count). The predicted octanol–water partition coefficient (Wildman–Crippen LogP) is 5.49. The number of nitrogens with one attached hydrogen (secondary N) is 1.